The van der Waals surface area contributed by atoms with Gasteiger partial charge in [0.15, 0.2) is 23.0 Å². The maximum absolute atomic E-state index is 5.89. The SMILES string of the molecule is COc1ccccc1N(Cc1cccc(-c2cc(OC)c(OC)c(OC)c2)c1)C1CCN(Cc2ccnc(-c3cc(OC)c(OC)c(OC)c3)c2)CC1.Cl.Cl. The Balaban J connectivity index is 0.00000336. The fourth-order valence-electron chi connectivity index (χ4n) is 7.18. The zero-order valence-corrected chi connectivity index (χ0v) is 34.1. The summed E-state index contributed by atoms with van der Waals surface area (Å²) >= 11 is 0. The second-order valence-electron chi connectivity index (χ2n) is 12.9. The maximum atomic E-state index is 5.89. The third-order valence-electron chi connectivity index (χ3n) is 9.86. The average molecular weight is 793 g/mol. The van der Waals surface area contributed by atoms with Crippen molar-refractivity contribution in [2.24, 2.45) is 0 Å². The quantitative estimate of drug-likeness (QED) is 0.103. The Morgan fingerprint density at radius 1 is 0.564 bits per heavy atom. The van der Waals surface area contributed by atoms with Gasteiger partial charge in [-0.05, 0) is 89.7 Å². The first-order valence-corrected chi connectivity index (χ1v) is 17.7. The van der Waals surface area contributed by atoms with Crippen LogP contribution in [0, 0.1) is 0 Å². The van der Waals surface area contributed by atoms with Crippen LogP contribution in [0.2, 0.25) is 0 Å². The van der Waals surface area contributed by atoms with Gasteiger partial charge in [-0.3, -0.25) is 9.88 Å². The number of benzene rings is 4. The van der Waals surface area contributed by atoms with Crippen molar-refractivity contribution in [1.82, 2.24) is 9.88 Å². The van der Waals surface area contributed by atoms with Crippen molar-refractivity contribution in [2.75, 3.05) is 67.8 Å². The van der Waals surface area contributed by atoms with E-state index in [1.165, 1.54) is 11.1 Å². The lowest BCUT2D eigenvalue weighted by atomic mass is 9.98. The zero-order chi connectivity index (χ0) is 37.3. The molecule has 1 aromatic heterocycles. The molecule has 294 valence electrons. The van der Waals surface area contributed by atoms with Crippen molar-refractivity contribution in [2.45, 2.75) is 32.0 Å². The fourth-order valence-corrected chi connectivity index (χ4v) is 7.18. The zero-order valence-electron chi connectivity index (χ0n) is 32.5. The maximum Gasteiger partial charge on any atom is 0.203 e. The van der Waals surface area contributed by atoms with Crippen molar-refractivity contribution in [1.29, 1.82) is 0 Å². The van der Waals surface area contributed by atoms with Gasteiger partial charge in [0.2, 0.25) is 11.5 Å². The van der Waals surface area contributed by atoms with Gasteiger partial charge >= 0.3 is 0 Å². The minimum absolute atomic E-state index is 0. The lowest BCUT2D eigenvalue weighted by Crippen LogP contribution is -2.44. The molecule has 0 aliphatic carbocycles. The van der Waals surface area contributed by atoms with Gasteiger partial charge in [-0.2, -0.15) is 0 Å². The molecule has 0 radical (unpaired) electrons. The second-order valence-corrected chi connectivity index (χ2v) is 12.9. The van der Waals surface area contributed by atoms with Gasteiger partial charge in [0.1, 0.15) is 5.75 Å². The van der Waals surface area contributed by atoms with E-state index in [1.54, 1.807) is 49.8 Å². The number of hydrogen-bond donors (Lipinski definition) is 0. The van der Waals surface area contributed by atoms with Crippen LogP contribution < -0.4 is 38.1 Å². The van der Waals surface area contributed by atoms with Crippen LogP contribution in [0.15, 0.2) is 91.1 Å². The third-order valence-corrected chi connectivity index (χ3v) is 9.86. The Hall–Kier alpha value is -5.03. The van der Waals surface area contributed by atoms with Crippen LogP contribution in [0.1, 0.15) is 24.0 Å². The summed E-state index contributed by atoms with van der Waals surface area (Å²) in [6.07, 6.45) is 3.89. The van der Waals surface area contributed by atoms with Crippen LogP contribution in [-0.2, 0) is 13.1 Å². The normalized spacial score (nSPS) is 12.8. The highest BCUT2D eigenvalue weighted by molar-refractivity contribution is 5.85. The van der Waals surface area contributed by atoms with E-state index in [0.717, 1.165) is 72.8 Å². The topological polar surface area (TPSA) is 84.0 Å². The highest BCUT2D eigenvalue weighted by Crippen LogP contribution is 2.43. The molecule has 0 spiro atoms. The lowest BCUT2D eigenvalue weighted by Gasteiger charge is -2.40. The number of para-hydroxylation sites is 2. The van der Waals surface area contributed by atoms with Crippen LogP contribution in [0.5, 0.6) is 40.2 Å². The largest absolute Gasteiger partial charge is 0.495 e. The lowest BCUT2D eigenvalue weighted by molar-refractivity contribution is 0.200. The molecule has 0 bridgehead atoms. The van der Waals surface area contributed by atoms with Crippen LogP contribution in [-0.4, -0.2) is 78.8 Å². The molecule has 1 saturated heterocycles. The minimum Gasteiger partial charge on any atom is -0.495 e. The number of likely N-dealkylation sites (tertiary alicyclic amines) is 1. The molecule has 10 nitrogen and oxygen atoms in total. The molecular formula is C43H51Cl2N3O7. The second kappa shape index (κ2) is 20.0. The summed E-state index contributed by atoms with van der Waals surface area (Å²) < 4.78 is 39.4. The van der Waals surface area contributed by atoms with E-state index in [-0.39, 0.29) is 24.8 Å². The number of ether oxygens (including phenoxy) is 7. The predicted octanol–water partition coefficient (Wildman–Crippen LogP) is 8.99. The van der Waals surface area contributed by atoms with Crippen molar-refractivity contribution in [3.63, 3.8) is 0 Å². The molecule has 5 aromatic rings. The number of hydrogen-bond acceptors (Lipinski definition) is 10. The Bertz CT molecular complexity index is 1960. The summed E-state index contributed by atoms with van der Waals surface area (Å²) in [6, 6.07) is 29.4. The van der Waals surface area contributed by atoms with Crippen molar-refractivity contribution < 1.29 is 33.2 Å². The summed E-state index contributed by atoms with van der Waals surface area (Å²) in [5.74, 6) is 4.45. The summed E-state index contributed by atoms with van der Waals surface area (Å²) in [5.41, 5.74) is 7.31. The molecule has 1 aliphatic heterocycles. The molecule has 1 aliphatic rings. The highest BCUT2D eigenvalue weighted by Gasteiger charge is 2.27. The number of nitrogens with zero attached hydrogens (tertiary/aromatic N) is 3. The molecular weight excluding hydrogens is 741 g/mol. The number of halogens is 2. The van der Waals surface area contributed by atoms with Gasteiger partial charge in [-0.25, -0.2) is 0 Å². The van der Waals surface area contributed by atoms with Crippen LogP contribution >= 0.6 is 24.8 Å². The van der Waals surface area contributed by atoms with Gasteiger partial charge in [-0.1, -0.05) is 30.3 Å². The van der Waals surface area contributed by atoms with E-state index in [0.29, 0.717) is 40.5 Å². The van der Waals surface area contributed by atoms with E-state index in [1.807, 2.05) is 42.6 Å². The van der Waals surface area contributed by atoms with E-state index < -0.39 is 0 Å². The number of rotatable bonds is 15. The van der Waals surface area contributed by atoms with E-state index in [4.69, 9.17) is 33.2 Å². The van der Waals surface area contributed by atoms with E-state index in [2.05, 4.69) is 63.3 Å². The van der Waals surface area contributed by atoms with Gasteiger partial charge < -0.3 is 38.1 Å². The van der Waals surface area contributed by atoms with Gasteiger partial charge in [0, 0.05) is 44.0 Å². The third kappa shape index (κ3) is 9.62. The van der Waals surface area contributed by atoms with Crippen LogP contribution in [0.25, 0.3) is 22.4 Å². The number of aromatic nitrogens is 1. The molecule has 0 amide bonds. The molecule has 0 saturated carbocycles. The predicted molar refractivity (Wildman–Crippen MR) is 223 cm³/mol. The molecule has 1 fully saturated rings. The standard InChI is InChI=1S/C43H49N3O7.2ClH/c1-47-37-14-9-8-13-36(37)46(28-29-11-10-12-31(21-29)32-23-38(48-2)42(52-6)39(24-32)49-3)34-16-19-45(20-17-34)27-30-15-18-44-35(22-30)33-25-40(50-4)43(53-7)41(26-33)51-5;;/h8-15,18,21-26,34H,16-17,19-20,27-28H2,1-7H3;2*1H. The van der Waals surface area contributed by atoms with Crippen molar-refractivity contribution in [3.05, 3.63) is 102 Å². The number of pyridine rings is 1. The minimum atomic E-state index is 0. The molecule has 0 atom stereocenters. The van der Waals surface area contributed by atoms with E-state index in [9.17, 15) is 0 Å². The number of methoxy groups -OCH3 is 7. The summed E-state index contributed by atoms with van der Waals surface area (Å²) in [5, 5.41) is 0. The Labute approximate surface area is 337 Å². The van der Waals surface area contributed by atoms with Gasteiger partial charge in [-0.15, -0.1) is 24.8 Å². The molecule has 2 heterocycles. The van der Waals surface area contributed by atoms with Crippen molar-refractivity contribution >= 4 is 30.5 Å². The molecule has 6 rings (SSSR count). The van der Waals surface area contributed by atoms with Gasteiger partial charge in [0.05, 0.1) is 61.1 Å². The first-order valence-electron chi connectivity index (χ1n) is 17.7. The average Bonchev–Trinajstić information content (AvgIpc) is 3.22. The van der Waals surface area contributed by atoms with Crippen LogP contribution in [0.3, 0.4) is 0 Å². The van der Waals surface area contributed by atoms with Gasteiger partial charge in [0.25, 0.3) is 0 Å². The summed E-state index contributed by atoms with van der Waals surface area (Å²) in [4.78, 5) is 9.71. The number of anilines is 1. The first kappa shape index (κ1) is 42.7. The molecule has 0 unspecified atom stereocenters. The smallest absolute Gasteiger partial charge is 0.203 e. The monoisotopic (exact) mass is 791 g/mol. The number of piperidine rings is 1. The summed E-state index contributed by atoms with van der Waals surface area (Å²) in [7, 11) is 11.5. The first-order chi connectivity index (χ1) is 25.9. The Kier molecular flexibility index (Phi) is 15.6. The fraction of sp³-hybridized carbons (Fsp3) is 0.326. The van der Waals surface area contributed by atoms with E-state index >= 15 is 0 Å². The Morgan fingerprint density at radius 3 is 1.69 bits per heavy atom. The van der Waals surface area contributed by atoms with Crippen LogP contribution in [0.4, 0.5) is 5.69 Å². The molecule has 55 heavy (non-hydrogen) atoms. The summed E-state index contributed by atoms with van der Waals surface area (Å²) in [6.45, 7) is 3.48. The Morgan fingerprint density at radius 2 is 1.13 bits per heavy atom. The highest BCUT2D eigenvalue weighted by atomic mass is 35.5. The van der Waals surface area contributed by atoms with Crippen molar-refractivity contribution in [3.8, 4) is 62.6 Å². The molecule has 0 N–H and O–H groups in total. The molecule has 12 heteroatoms. The molecule has 4 aromatic carbocycles.